The number of methoxy groups -OCH3 is 1. The molecule has 6 nitrogen and oxygen atoms in total. The molecule has 0 aliphatic carbocycles. The number of hydrogen-bond donors (Lipinski definition) is 2. The molecular weight excluding hydrogens is 220 g/mol. The number of anilines is 1. The molecule has 1 rings (SSSR count). The third-order valence-electron chi connectivity index (χ3n) is 2.21. The number of nitrogens with zero attached hydrogens (tertiary/aromatic N) is 2. The second-order valence-corrected chi connectivity index (χ2v) is 3.59. The number of carbonyl (C=O) groups is 1. The Bertz CT molecular complexity index is 353. The van der Waals surface area contributed by atoms with Crippen LogP contribution in [0.1, 0.15) is 24.3 Å². The monoisotopic (exact) mass is 238 g/mol. The number of carbonyl (C=O) groups excluding carboxylic acids is 1. The summed E-state index contributed by atoms with van der Waals surface area (Å²) in [7, 11) is 1.60. The van der Waals surface area contributed by atoms with Crippen molar-refractivity contribution in [2.45, 2.75) is 20.0 Å². The summed E-state index contributed by atoms with van der Waals surface area (Å²) in [5.74, 6) is 0.416. The van der Waals surface area contributed by atoms with Gasteiger partial charge in [0, 0.05) is 20.2 Å². The molecule has 0 radical (unpaired) electrons. The number of amides is 1. The quantitative estimate of drug-likeness (QED) is 0.762. The Hall–Kier alpha value is -1.69. The molecule has 0 fully saturated rings. The molecule has 6 heteroatoms. The van der Waals surface area contributed by atoms with E-state index in [9.17, 15) is 4.79 Å². The van der Waals surface area contributed by atoms with E-state index in [-0.39, 0.29) is 12.0 Å². The molecule has 1 amide bonds. The summed E-state index contributed by atoms with van der Waals surface area (Å²) in [6.45, 7) is 5.06. The molecule has 1 atom stereocenters. The molecule has 0 bridgehead atoms. The van der Waals surface area contributed by atoms with Crippen molar-refractivity contribution in [1.82, 2.24) is 15.5 Å². The van der Waals surface area contributed by atoms with Gasteiger partial charge in [0.05, 0.1) is 6.10 Å². The van der Waals surface area contributed by atoms with Crippen LogP contribution in [0.3, 0.4) is 0 Å². The van der Waals surface area contributed by atoms with E-state index in [1.54, 1.807) is 19.2 Å². The zero-order valence-corrected chi connectivity index (χ0v) is 10.4. The zero-order valence-electron chi connectivity index (χ0n) is 10.4. The molecule has 1 aromatic heterocycles. The van der Waals surface area contributed by atoms with E-state index < -0.39 is 0 Å². The topological polar surface area (TPSA) is 76.1 Å². The molecule has 0 aliphatic heterocycles. The summed E-state index contributed by atoms with van der Waals surface area (Å²) in [5.41, 5.74) is 0.301. The second-order valence-electron chi connectivity index (χ2n) is 3.59. The third-order valence-corrected chi connectivity index (χ3v) is 2.21. The smallest absolute Gasteiger partial charge is 0.271 e. The first-order chi connectivity index (χ1) is 8.17. The Balaban J connectivity index is 2.51. The van der Waals surface area contributed by atoms with Crippen LogP contribution in [0.5, 0.6) is 0 Å². The molecule has 0 aromatic carbocycles. The van der Waals surface area contributed by atoms with Crippen molar-refractivity contribution in [2.24, 2.45) is 0 Å². The van der Waals surface area contributed by atoms with Gasteiger partial charge in [-0.2, -0.15) is 0 Å². The predicted molar refractivity (Wildman–Crippen MR) is 65.0 cm³/mol. The molecule has 2 N–H and O–H groups in total. The predicted octanol–water partition coefficient (Wildman–Crippen LogP) is 0.673. The van der Waals surface area contributed by atoms with Crippen LogP contribution in [-0.4, -0.2) is 42.4 Å². The fraction of sp³-hybridized carbons (Fsp3) is 0.545. The van der Waals surface area contributed by atoms with Gasteiger partial charge in [-0.1, -0.05) is 0 Å². The summed E-state index contributed by atoms with van der Waals surface area (Å²) in [4.78, 5) is 11.6. The first kappa shape index (κ1) is 13.4. The summed E-state index contributed by atoms with van der Waals surface area (Å²) in [6.07, 6.45) is -0.0204. The van der Waals surface area contributed by atoms with Gasteiger partial charge in [0.25, 0.3) is 5.91 Å². The summed E-state index contributed by atoms with van der Waals surface area (Å²) < 4.78 is 5.03. The van der Waals surface area contributed by atoms with Crippen LogP contribution in [0, 0.1) is 0 Å². The van der Waals surface area contributed by atoms with Gasteiger partial charge in [0.15, 0.2) is 5.69 Å². The Labute approximate surface area is 101 Å². The van der Waals surface area contributed by atoms with Gasteiger partial charge >= 0.3 is 0 Å². The molecule has 1 aromatic rings. The first-order valence-electron chi connectivity index (χ1n) is 5.56. The van der Waals surface area contributed by atoms with Crippen molar-refractivity contribution in [3.8, 4) is 0 Å². The van der Waals surface area contributed by atoms with Crippen LogP contribution >= 0.6 is 0 Å². The number of rotatable bonds is 6. The lowest BCUT2D eigenvalue weighted by molar-refractivity contribution is 0.0865. The first-order valence-corrected chi connectivity index (χ1v) is 5.56. The van der Waals surface area contributed by atoms with Gasteiger partial charge in [0.2, 0.25) is 0 Å². The van der Waals surface area contributed by atoms with Crippen molar-refractivity contribution >= 4 is 11.7 Å². The highest BCUT2D eigenvalue weighted by molar-refractivity contribution is 5.92. The Kier molecular flexibility index (Phi) is 5.35. The minimum absolute atomic E-state index is 0.0204. The highest BCUT2D eigenvalue weighted by Crippen LogP contribution is 2.01. The average molecular weight is 238 g/mol. The maximum Gasteiger partial charge on any atom is 0.271 e. The average Bonchev–Trinajstić information content (AvgIpc) is 2.36. The molecule has 0 saturated heterocycles. The molecule has 0 aliphatic rings. The van der Waals surface area contributed by atoms with E-state index in [0.717, 1.165) is 6.54 Å². The largest absolute Gasteiger partial charge is 0.380 e. The van der Waals surface area contributed by atoms with Crippen molar-refractivity contribution in [3.63, 3.8) is 0 Å². The van der Waals surface area contributed by atoms with E-state index in [1.165, 1.54) is 0 Å². The highest BCUT2D eigenvalue weighted by atomic mass is 16.5. The summed E-state index contributed by atoms with van der Waals surface area (Å²) in [6, 6.07) is 3.36. The van der Waals surface area contributed by atoms with Gasteiger partial charge < -0.3 is 15.4 Å². The van der Waals surface area contributed by atoms with Crippen molar-refractivity contribution < 1.29 is 9.53 Å². The van der Waals surface area contributed by atoms with E-state index in [1.807, 2.05) is 13.8 Å². The fourth-order valence-corrected chi connectivity index (χ4v) is 1.14. The summed E-state index contributed by atoms with van der Waals surface area (Å²) in [5, 5.41) is 13.4. The number of ether oxygens (including phenoxy) is 1. The van der Waals surface area contributed by atoms with Gasteiger partial charge in [-0.25, -0.2) is 0 Å². The van der Waals surface area contributed by atoms with Crippen molar-refractivity contribution in [3.05, 3.63) is 17.8 Å². The molecule has 0 spiro atoms. The van der Waals surface area contributed by atoms with E-state index in [2.05, 4.69) is 20.8 Å². The van der Waals surface area contributed by atoms with Gasteiger partial charge in [0.1, 0.15) is 5.82 Å². The van der Waals surface area contributed by atoms with Crippen LogP contribution in [0.2, 0.25) is 0 Å². The molecule has 94 valence electrons. The minimum atomic E-state index is -0.246. The zero-order chi connectivity index (χ0) is 12.7. The van der Waals surface area contributed by atoms with Crippen LogP contribution in [-0.2, 0) is 4.74 Å². The molecule has 1 heterocycles. The molecule has 1 unspecified atom stereocenters. The lowest BCUT2D eigenvalue weighted by Gasteiger charge is -2.10. The normalized spacial score (nSPS) is 11.9. The number of nitrogens with one attached hydrogen (secondary N) is 2. The van der Waals surface area contributed by atoms with E-state index in [4.69, 9.17) is 4.74 Å². The van der Waals surface area contributed by atoms with Gasteiger partial charge in [-0.3, -0.25) is 4.79 Å². The molecular formula is C11H18N4O2. The maximum atomic E-state index is 11.6. The Morgan fingerprint density at radius 1 is 1.47 bits per heavy atom. The molecule has 0 saturated carbocycles. The van der Waals surface area contributed by atoms with Crippen molar-refractivity contribution in [2.75, 3.05) is 25.5 Å². The van der Waals surface area contributed by atoms with E-state index in [0.29, 0.717) is 18.1 Å². The highest BCUT2D eigenvalue weighted by Gasteiger charge is 2.09. The number of aromatic nitrogens is 2. The maximum absolute atomic E-state index is 11.6. The van der Waals surface area contributed by atoms with Gasteiger partial charge in [-0.15, -0.1) is 10.2 Å². The van der Waals surface area contributed by atoms with Crippen molar-refractivity contribution in [1.29, 1.82) is 0 Å². The Morgan fingerprint density at radius 3 is 2.76 bits per heavy atom. The summed E-state index contributed by atoms with van der Waals surface area (Å²) >= 11 is 0. The van der Waals surface area contributed by atoms with Crippen LogP contribution in [0.15, 0.2) is 12.1 Å². The number of hydrogen-bond acceptors (Lipinski definition) is 5. The standard InChI is InChI=1S/C11H18N4O2/c1-4-12-10-6-5-9(14-15-10)11(16)13-7-8(2)17-3/h5-6,8H,4,7H2,1-3H3,(H,12,15)(H,13,16). The van der Waals surface area contributed by atoms with Crippen LogP contribution in [0.25, 0.3) is 0 Å². The molecule has 17 heavy (non-hydrogen) atoms. The van der Waals surface area contributed by atoms with Gasteiger partial charge in [-0.05, 0) is 26.0 Å². The van der Waals surface area contributed by atoms with Crippen LogP contribution < -0.4 is 10.6 Å². The van der Waals surface area contributed by atoms with E-state index >= 15 is 0 Å². The second kappa shape index (κ2) is 6.80. The minimum Gasteiger partial charge on any atom is -0.380 e. The third kappa shape index (κ3) is 4.36. The lowest BCUT2D eigenvalue weighted by Crippen LogP contribution is -2.32. The van der Waals surface area contributed by atoms with Crippen LogP contribution in [0.4, 0.5) is 5.82 Å². The fourth-order valence-electron chi connectivity index (χ4n) is 1.14. The SMILES string of the molecule is CCNc1ccc(C(=O)NCC(C)OC)nn1. The lowest BCUT2D eigenvalue weighted by atomic mass is 10.3. The Morgan fingerprint density at radius 2 is 2.24 bits per heavy atom.